The maximum absolute atomic E-state index is 12.5. The smallest absolute Gasteiger partial charge is 0.198 e. The number of epoxide rings is 1. The third-order valence-corrected chi connectivity index (χ3v) is 3.99. The fourth-order valence-electron chi connectivity index (χ4n) is 2.78. The van der Waals surface area contributed by atoms with Crippen LogP contribution in [0, 0.1) is 6.92 Å². The first-order valence-corrected chi connectivity index (χ1v) is 6.46. The van der Waals surface area contributed by atoms with E-state index in [0.29, 0.717) is 0 Å². The number of fused-ring (bicyclic) bond motifs is 2. The van der Waals surface area contributed by atoms with E-state index in [1.165, 1.54) is 5.57 Å². The first-order chi connectivity index (χ1) is 8.51. The number of hydrogen-bond acceptors (Lipinski definition) is 3. The Bertz CT molecular complexity index is 538. The topological polar surface area (TPSA) is 42.7 Å². The van der Waals surface area contributed by atoms with Gasteiger partial charge in [0.1, 0.15) is 17.5 Å². The molecule has 0 N–H and O–H groups in total. The molecule has 0 aromatic carbocycles. The highest BCUT2D eigenvalue weighted by Crippen LogP contribution is 2.43. The molecule has 0 saturated carbocycles. The molecule has 3 heteroatoms. The van der Waals surface area contributed by atoms with Crippen LogP contribution in [0.1, 0.15) is 48.4 Å². The molecule has 0 unspecified atom stereocenters. The van der Waals surface area contributed by atoms with Gasteiger partial charge in [-0.2, -0.15) is 0 Å². The summed E-state index contributed by atoms with van der Waals surface area (Å²) in [5.74, 6) is 0.874. The van der Waals surface area contributed by atoms with Gasteiger partial charge in [0.25, 0.3) is 0 Å². The molecular weight excluding hydrogens is 228 g/mol. The molecule has 3 nitrogen and oxygen atoms in total. The molecule has 0 bridgehead atoms. The Kier molecular flexibility index (Phi) is 2.49. The number of allylic oxidation sites excluding steroid dienone is 2. The summed E-state index contributed by atoms with van der Waals surface area (Å²) in [5, 5.41) is 0. The summed E-state index contributed by atoms with van der Waals surface area (Å²) in [6.45, 7) is 6.03. The second-order valence-electron chi connectivity index (χ2n) is 5.66. The van der Waals surface area contributed by atoms with Gasteiger partial charge in [0.15, 0.2) is 5.78 Å². The number of carbonyl (C=O) groups excluding carboxylic acids is 1. The van der Waals surface area contributed by atoms with Crippen LogP contribution < -0.4 is 0 Å². The molecule has 1 aromatic rings. The molecule has 0 radical (unpaired) electrons. The molecule has 0 amide bonds. The van der Waals surface area contributed by atoms with Crippen molar-refractivity contribution in [3.8, 4) is 0 Å². The minimum absolute atomic E-state index is 0.0912. The van der Waals surface area contributed by atoms with Gasteiger partial charge in [0.2, 0.25) is 0 Å². The summed E-state index contributed by atoms with van der Waals surface area (Å²) >= 11 is 0. The maximum Gasteiger partial charge on any atom is 0.198 e. The molecule has 1 saturated heterocycles. The molecule has 3 rings (SSSR count). The Morgan fingerprint density at radius 3 is 2.94 bits per heavy atom. The average Bonchev–Trinajstić information content (AvgIpc) is 2.84. The highest BCUT2D eigenvalue weighted by Gasteiger charge is 2.56. The number of carbonyl (C=O) groups is 1. The highest BCUT2D eigenvalue weighted by atomic mass is 16.6. The van der Waals surface area contributed by atoms with Crippen molar-refractivity contribution in [1.82, 2.24) is 0 Å². The first kappa shape index (κ1) is 11.7. The number of ether oxygens (including phenoxy) is 1. The van der Waals surface area contributed by atoms with Crippen molar-refractivity contribution >= 4 is 5.78 Å². The molecule has 2 atom stereocenters. The second kappa shape index (κ2) is 3.82. The van der Waals surface area contributed by atoms with Crippen molar-refractivity contribution in [2.75, 3.05) is 0 Å². The lowest BCUT2D eigenvalue weighted by Crippen LogP contribution is -2.20. The summed E-state index contributed by atoms with van der Waals surface area (Å²) in [6, 6.07) is 0. The standard InChI is InChI=1S/C15H18O3/c1-9-5-4-6-15(3)14(18-15)13(16)12-10(2)8-17-11(12)7-9/h5,8,14H,4,6-7H2,1-3H3/b9-5+/t14-,15+/m0/s1. The predicted molar refractivity (Wildman–Crippen MR) is 67.7 cm³/mol. The SMILES string of the molecule is C/C1=C\CC[C@@]2(C)O[C@H]2C(=O)c2c(C)coc2C1. The van der Waals surface area contributed by atoms with Crippen LogP contribution in [0.5, 0.6) is 0 Å². The van der Waals surface area contributed by atoms with E-state index in [4.69, 9.17) is 9.15 Å². The molecule has 2 heterocycles. The second-order valence-corrected chi connectivity index (χ2v) is 5.66. The summed E-state index contributed by atoms with van der Waals surface area (Å²) in [4.78, 5) is 12.5. The molecule has 96 valence electrons. The van der Waals surface area contributed by atoms with Gasteiger partial charge < -0.3 is 9.15 Å². The Labute approximate surface area is 107 Å². The molecule has 1 aliphatic carbocycles. The van der Waals surface area contributed by atoms with Crippen LogP contribution in [0.2, 0.25) is 0 Å². The third-order valence-electron chi connectivity index (χ3n) is 3.99. The van der Waals surface area contributed by atoms with Crippen LogP contribution in [0.25, 0.3) is 0 Å². The summed E-state index contributed by atoms with van der Waals surface area (Å²) < 4.78 is 11.2. The molecule has 1 fully saturated rings. The summed E-state index contributed by atoms with van der Waals surface area (Å²) in [5.41, 5.74) is 2.63. The van der Waals surface area contributed by atoms with E-state index in [0.717, 1.165) is 36.1 Å². The lowest BCUT2D eigenvalue weighted by Gasteiger charge is -2.08. The van der Waals surface area contributed by atoms with Gasteiger partial charge in [0, 0.05) is 6.42 Å². The lowest BCUT2D eigenvalue weighted by atomic mass is 9.91. The van der Waals surface area contributed by atoms with Crippen LogP contribution in [0.4, 0.5) is 0 Å². The number of hydrogen-bond donors (Lipinski definition) is 0. The van der Waals surface area contributed by atoms with E-state index in [9.17, 15) is 4.79 Å². The molecular formula is C15H18O3. The predicted octanol–water partition coefficient (Wildman–Crippen LogP) is 3.21. The van der Waals surface area contributed by atoms with Crippen LogP contribution in [0.3, 0.4) is 0 Å². The highest BCUT2D eigenvalue weighted by molar-refractivity contribution is 6.04. The Hall–Kier alpha value is -1.35. The van der Waals surface area contributed by atoms with Gasteiger partial charge in [-0.25, -0.2) is 0 Å². The van der Waals surface area contributed by atoms with Crippen LogP contribution in [-0.4, -0.2) is 17.5 Å². The zero-order valence-corrected chi connectivity index (χ0v) is 11.1. The number of ketones is 1. The van der Waals surface area contributed by atoms with Crippen LogP contribution >= 0.6 is 0 Å². The summed E-state index contributed by atoms with van der Waals surface area (Å²) in [6.07, 6.45) is 6.21. The van der Waals surface area contributed by atoms with Crippen molar-refractivity contribution in [1.29, 1.82) is 0 Å². The number of Topliss-reactive ketones (excluding diaryl/α,β-unsaturated/α-hetero) is 1. The van der Waals surface area contributed by atoms with Gasteiger partial charge in [-0.15, -0.1) is 0 Å². The van der Waals surface area contributed by atoms with Crippen molar-refractivity contribution in [2.45, 2.75) is 51.7 Å². The largest absolute Gasteiger partial charge is 0.468 e. The van der Waals surface area contributed by atoms with Crippen molar-refractivity contribution < 1.29 is 13.9 Å². The van der Waals surface area contributed by atoms with E-state index >= 15 is 0 Å². The average molecular weight is 246 g/mol. The minimum atomic E-state index is -0.278. The molecule has 1 aromatic heterocycles. The van der Waals surface area contributed by atoms with Crippen molar-refractivity contribution in [2.24, 2.45) is 0 Å². The van der Waals surface area contributed by atoms with Gasteiger partial charge in [-0.05, 0) is 39.2 Å². The third kappa shape index (κ3) is 1.74. The molecule has 0 spiro atoms. The van der Waals surface area contributed by atoms with E-state index in [-0.39, 0.29) is 17.5 Å². The lowest BCUT2D eigenvalue weighted by molar-refractivity contribution is 0.0951. The van der Waals surface area contributed by atoms with E-state index in [1.54, 1.807) is 6.26 Å². The summed E-state index contributed by atoms with van der Waals surface area (Å²) in [7, 11) is 0. The van der Waals surface area contributed by atoms with E-state index in [2.05, 4.69) is 13.0 Å². The van der Waals surface area contributed by atoms with Crippen molar-refractivity contribution in [3.05, 3.63) is 34.8 Å². The van der Waals surface area contributed by atoms with Gasteiger partial charge in [-0.1, -0.05) is 11.6 Å². The Morgan fingerprint density at radius 2 is 2.17 bits per heavy atom. The molecule has 18 heavy (non-hydrogen) atoms. The van der Waals surface area contributed by atoms with E-state index < -0.39 is 0 Å². The van der Waals surface area contributed by atoms with E-state index in [1.807, 2.05) is 13.8 Å². The number of furan rings is 1. The monoisotopic (exact) mass is 246 g/mol. The normalized spacial score (nSPS) is 34.3. The fraction of sp³-hybridized carbons (Fsp3) is 0.533. The Balaban J connectivity index is 2.05. The zero-order valence-electron chi connectivity index (χ0n) is 11.1. The Morgan fingerprint density at radius 1 is 1.39 bits per heavy atom. The van der Waals surface area contributed by atoms with Crippen LogP contribution in [-0.2, 0) is 11.2 Å². The van der Waals surface area contributed by atoms with Crippen molar-refractivity contribution in [3.63, 3.8) is 0 Å². The fourth-order valence-corrected chi connectivity index (χ4v) is 2.78. The molecule has 1 aliphatic heterocycles. The maximum atomic E-state index is 12.5. The van der Waals surface area contributed by atoms with Gasteiger partial charge >= 0.3 is 0 Å². The zero-order chi connectivity index (χ0) is 12.9. The molecule has 2 aliphatic rings. The van der Waals surface area contributed by atoms with Gasteiger partial charge in [-0.3, -0.25) is 4.79 Å². The first-order valence-electron chi connectivity index (χ1n) is 6.46. The quantitative estimate of drug-likeness (QED) is 0.521. The number of rotatable bonds is 0. The number of aryl methyl sites for hydroxylation is 1. The minimum Gasteiger partial charge on any atom is -0.468 e. The van der Waals surface area contributed by atoms with Gasteiger partial charge in [0.05, 0.1) is 11.8 Å². The van der Waals surface area contributed by atoms with Crippen LogP contribution in [0.15, 0.2) is 22.3 Å².